The number of esters is 1. The molecule has 0 atom stereocenters. The smallest absolute Gasteiger partial charge is 0.334 e. The van der Waals surface area contributed by atoms with Crippen molar-refractivity contribution in [1.82, 2.24) is 0 Å². The van der Waals surface area contributed by atoms with E-state index in [2.05, 4.69) is 4.99 Å². The van der Waals surface area contributed by atoms with E-state index in [1.807, 2.05) is 54.6 Å². The summed E-state index contributed by atoms with van der Waals surface area (Å²) >= 11 is 1.28. The largest absolute Gasteiger partial charge is 0.497 e. The maximum Gasteiger partial charge on any atom is 0.334 e. The number of thioether (sulfide) groups is 1. The van der Waals surface area contributed by atoms with Gasteiger partial charge >= 0.3 is 5.97 Å². The van der Waals surface area contributed by atoms with Crippen molar-refractivity contribution >= 4 is 34.7 Å². The monoisotopic (exact) mass is 356 g/mol. The van der Waals surface area contributed by atoms with Crippen LogP contribution in [0.3, 0.4) is 0 Å². The second-order valence-corrected chi connectivity index (χ2v) is 6.00. The third kappa shape index (κ3) is 6.00. The number of para-hydroxylation sites is 1. The van der Waals surface area contributed by atoms with E-state index in [1.54, 1.807) is 13.2 Å². The van der Waals surface area contributed by atoms with Crippen LogP contribution in [0.25, 0.3) is 6.08 Å². The number of amidine groups is 1. The van der Waals surface area contributed by atoms with Crippen LogP contribution in [0.1, 0.15) is 5.56 Å². The number of carbonyl (C=O) groups is 1. The summed E-state index contributed by atoms with van der Waals surface area (Å²) in [6.07, 6.45) is 1.77. The first-order valence-electron chi connectivity index (χ1n) is 7.57. The standard InChI is InChI=1S/C19H20N2O3S/c1-23-17-10-8-14(9-11-17)12-15(18(22)24-2)13-25-19(20)21-16-6-4-3-5-7-16/h3-12H,13H2,1-2H3,(H2,20,21)/b15-12+. The number of hydrogen-bond acceptors (Lipinski definition) is 5. The first-order valence-corrected chi connectivity index (χ1v) is 8.56. The Hall–Kier alpha value is -2.73. The highest BCUT2D eigenvalue weighted by Gasteiger charge is 2.11. The number of nitrogens with zero attached hydrogens (tertiary/aromatic N) is 1. The lowest BCUT2D eigenvalue weighted by molar-refractivity contribution is -0.135. The maximum atomic E-state index is 12.0. The van der Waals surface area contributed by atoms with Crippen molar-refractivity contribution < 1.29 is 14.3 Å². The van der Waals surface area contributed by atoms with E-state index in [0.717, 1.165) is 17.0 Å². The van der Waals surface area contributed by atoms with Crippen LogP contribution in [0.4, 0.5) is 5.69 Å². The third-order valence-electron chi connectivity index (χ3n) is 3.28. The second-order valence-electron chi connectivity index (χ2n) is 5.01. The molecule has 130 valence electrons. The number of rotatable bonds is 6. The van der Waals surface area contributed by atoms with Gasteiger partial charge in [-0.1, -0.05) is 42.1 Å². The molecule has 2 N–H and O–H groups in total. The Balaban J connectivity index is 2.10. The Kier molecular flexibility index (Phi) is 7.10. The molecule has 0 radical (unpaired) electrons. The number of nitrogens with two attached hydrogens (primary N) is 1. The molecule has 2 rings (SSSR count). The third-order valence-corrected chi connectivity index (χ3v) is 4.12. The summed E-state index contributed by atoms with van der Waals surface area (Å²) in [5.41, 5.74) is 8.09. The second kappa shape index (κ2) is 9.54. The number of hydrogen-bond donors (Lipinski definition) is 1. The summed E-state index contributed by atoms with van der Waals surface area (Å²) in [5.74, 6) is 0.724. The van der Waals surface area contributed by atoms with Gasteiger partial charge in [-0.05, 0) is 35.9 Å². The highest BCUT2D eigenvalue weighted by atomic mass is 32.2. The van der Waals surface area contributed by atoms with Crippen LogP contribution in [0, 0.1) is 0 Å². The summed E-state index contributed by atoms with van der Waals surface area (Å²) in [6, 6.07) is 16.8. The molecule has 0 amide bonds. The van der Waals surface area contributed by atoms with E-state index in [9.17, 15) is 4.79 Å². The van der Waals surface area contributed by atoms with Crippen LogP contribution in [0.15, 0.2) is 65.2 Å². The van der Waals surface area contributed by atoms with Crippen molar-refractivity contribution in [2.24, 2.45) is 10.7 Å². The maximum absolute atomic E-state index is 12.0. The molecule has 0 aliphatic heterocycles. The molecular weight excluding hydrogens is 336 g/mol. The van der Waals surface area contributed by atoms with E-state index >= 15 is 0 Å². The Morgan fingerprint density at radius 3 is 2.40 bits per heavy atom. The highest BCUT2D eigenvalue weighted by molar-refractivity contribution is 8.14. The van der Waals surface area contributed by atoms with Crippen LogP contribution in [-0.2, 0) is 9.53 Å². The lowest BCUT2D eigenvalue weighted by Crippen LogP contribution is -2.12. The molecule has 0 aliphatic carbocycles. The summed E-state index contributed by atoms with van der Waals surface area (Å²) in [5, 5.41) is 0.385. The Morgan fingerprint density at radius 1 is 1.12 bits per heavy atom. The molecule has 0 aliphatic rings. The summed E-state index contributed by atoms with van der Waals surface area (Å²) in [4.78, 5) is 16.3. The lowest BCUT2D eigenvalue weighted by Gasteiger charge is -2.06. The van der Waals surface area contributed by atoms with Gasteiger partial charge in [0.05, 0.1) is 19.9 Å². The van der Waals surface area contributed by atoms with Gasteiger partial charge in [0.1, 0.15) is 5.75 Å². The van der Waals surface area contributed by atoms with Crippen molar-refractivity contribution in [2.45, 2.75) is 0 Å². The Bertz CT molecular complexity index is 756. The molecule has 0 spiro atoms. The SMILES string of the molecule is COC(=O)/C(=C/c1ccc(OC)cc1)CSC(N)=Nc1ccccc1. The molecule has 25 heavy (non-hydrogen) atoms. The molecule has 0 unspecified atom stereocenters. The Labute approximate surface area is 151 Å². The van der Waals surface area contributed by atoms with Gasteiger partial charge in [0.15, 0.2) is 5.17 Å². The zero-order valence-corrected chi connectivity index (χ0v) is 15.0. The number of carbonyl (C=O) groups excluding carboxylic acids is 1. The van der Waals surface area contributed by atoms with E-state index in [0.29, 0.717) is 16.5 Å². The molecule has 0 fully saturated rings. The van der Waals surface area contributed by atoms with Crippen LogP contribution in [0.5, 0.6) is 5.75 Å². The van der Waals surface area contributed by atoms with E-state index in [1.165, 1.54) is 18.9 Å². The van der Waals surface area contributed by atoms with Crippen LogP contribution in [-0.4, -0.2) is 31.1 Å². The van der Waals surface area contributed by atoms with Gasteiger partial charge in [-0.2, -0.15) is 0 Å². The molecular formula is C19H20N2O3S. The lowest BCUT2D eigenvalue weighted by atomic mass is 10.1. The molecule has 2 aromatic carbocycles. The highest BCUT2D eigenvalue weighted by Crippen LogP contribution is 2.19. The molecule has 6 heteroatoms. The van der Waals surface area contributed by atoms with Gasteiger partial charge in [-0.15, -0.1) is 0 Å². The number of benzene rings is 2. The average molecular weight is 356 g/mol. The normalized spacial score (nSPS) is 11.9. The summed E-state index contributed by atoms with van der Waals surface area (Å²) in [6.45, 7) is 0. The van der Waals surface area contributed by atoms with Gasteiger partial charge in [-0.25, -0.2) is 9.79 Å². The number of methoxy groups -OCH3 is 2. The van der Waals surface area contributed by atoms with Crippen LogP contribution < -0.4 is 10.5 Å². The quantitative estimate of drug-likeness (QED) is 0.370. The van der Waals surface area contributed by atoms with E-state index < -0.39 is 5.97 Å². The number of aliphatic imine (C=N–C) groups is 1. The minimum atomic E-state index is -0.393. The first kappa shape index (κ1) is 18.6. The molecule has 0 bridgehead atoms. The van der Waals surface area contributed by atoms with Crippen LogP contribution in [0.2, 0.25) is 0 Å². The van der Waals surface area contributed by atoms with Crippen molar-refractivity contribution in [1.29, 1.82) is 0 Å². The van der Waals surface area contributed by atoms with E-state index in [4.69, 9.17) is 15.2 Å². The van der Waals surface area contributed by atoms with Crippen molar-refractivity contribution in [2.75, 3.05) is 20.0 Å². The first-order chi connectivity index (χ1) is 12.1. The fourth-order valence-electron chi connectivity index (χ4n) is 2.01. The molecule has 0 saturated carbocycles. The van der Waals surface area contributed by atoms with Gasteiger partial charge in [0, 0.05) is 11.3 Å². The van der Waals surface area contributed by atoms with E-state index in [-0.39, 0.29) is 0 Å². The molecule has 5 nitrogen and oxygen atoms in total. The molecule has 0 aromatic heterocycles. The van der Waals surface area contributed by atoms with Gasteiger partial charge < -0.3 is 15.2 Å². The fraction of sp³-hybridized carbons (Fsp3) is 0.158. The average Bonchev–Trinajstić information content (AvgIpc) is 2.65. The minimum absolute atomic E-state index is 0.362. The summed E-state index contributed by atoms with van der Waals surface area (Å²) < 4.78 is 9.98. The molecule has 0 saturated heterocycles. The van der Waals surface area contributed by atoms with Gasteiger partial charge in [0.25, 0.3) is 0 Å². The van der Waals surface area contributed by atoms with Gasteiger partial charge in [-0.3, -0.25) is 0 Å². The minimum Gasteiger partial charge on any atom is -0.497 e. The molecule has 0 heterocycles. The predicted molar refractivity (Wildman–Crippen MR) is 103 cm³/mol. The summed E-state index contributed by atoms with van der Waals surface area (Å²) in [7, 11) is 2.96. The zero-order chi connectivity index (χ0) is 18.1. The van der Waals surface area contributed by atoms with Crippen molar-refractivity contribution in [3.63, 3.8) is 0 Å². The van der Waals surface area contributed by atoms with Gasteiger partial charge in [0.2, 0.25) is 0 Å². The van der Waals surface area contributed by atoms with Crippen molar-refractivity contribution in [3.05, 3.63) is 65.7 Å². The fourth-order valence-corrected chi connectivity index (χ4v) is 2.68. The molecule has 2 aromatic rings. The predicted octanol–water partition coefficient (Wildman–Crippen LogP) is 3.63. The van der Waals surface area contributed by atoms with Crippen molar-refractivity contribution in [3.8, 4) is 5.75 Å². The Morgan fingerprint density at radius 2 is 1.80 bits per heavy atom. The van der Waals surface area contributed by atoms with Crippen LogP contribution >= 0.6 is 11.8 Å². The number of ether oxygens (including phenoxy) is 2. The zero-order valence-electron chi connectivity index (χ0n) is 14.1. The topological polar surface area (TPSA) is 73.9 Å².